The minimum atomic E-state index is -0.183. The summed E-state index contributed by atoms with van der Waals surface area (Å²) in [5.74, 6) is 0.369. The van der Waals surface area contributed by atoms with Gasteiger partial charge in [-0.15, -0.1) is 0 Å². The molecule has 0 unspecified atom stereocenters. The van der Waals surface area contributed by atoms with Crippen molar-refractivity contribution in [1.82, 2.24) is 14.5 Å². The normalized spacial score (nSPS) is 11.4. The highest BCUT2D eigenvalue weighted by atomic mass is 35.5. The van der Waals surface area contributed by atoms with E-state index in [1.807, 2.05) is 0 Å². The molecule has 2 aromatic rings. The third kappa shape index (κ3) is 3.21. The Morgan fingerprint density at radius 3 is 2.55 bits per heavy atom. The van der Waals surface area contributed by atoms with E-state index in [9.17, 15) is 4.79 Å². The van der Waals surface area contributed by atoms with E-state index in [-0.39, 0.29) is 10.6 Å². The summed E-state index contributed by atoms with van der Waals surface area (Å²) < 4.78 is 6.80. The molecule has 0 atom stereocenters. The third-order valence-electron chi connectivity index (χ3n) is 3.72. The fourth-order valence-electron chi connectivity index (χ4n) is 2.38. The molecule has 5 nitrogen and oxygen atoms in total. The molecule has 22 heavy (non-hydrogen) atoms. The second kappa shape index (κ2) is 7.31. The summed E-state index contributed by atoms with van der Waals surface area (Å²) in [4.78, 5) is 19.2. The van der Waals surface area contributed by atoms with Crippen LogP contribution in [-0.4, -0.2) is 41.2 Å². The van der Waals surface area contributed by atoms with Crippen molar-refractivity contribution in [2.24, 2.45) is 0 Å². The first-order valence-corrected chi connectivity index (χ1v) is 7.92. The number of rotatable bonds is 6. The Bertz CT molecular complexity index is 727. The van der Waals surface area contributed by atoms with Gasteiger partial charge in [-0.2, -0.15) is 0 Å². The number of methoxy groups -OCH3 is 1. The number of halogens is 2. The van der Waals surface area contributed by atoms with Gasteiger partial charge in [0.15, 0.2) is 5.75 Å². The van der Waals surface area contributed by atoms with Crippen molar-refractivity contribution < 1.29 is 4.74 Å². The van der Waals surface area contributed by atoms with Gasteiger partial charge in [0, 0.05) is 13.1 Å². The lowest BCUT2D eigenvalue weighted by Crippen LogP contribution is -2.31. The summed E-state index contributed by atoms with van der Waals surface area (Å²) in [6.45, 7) is 7.41. The topological polar surface area (TPSA) is 47.4 Å². The Balaban J connectivity index is 2.48. The average molecular weight is 344 g/mol. The summed E-state index contributed by atoms with van der Waals surface area (Å²) in [5, 5.41) is 0.966. The van der Waals surface area contributed by atoms with Gasteiger partial charge < -0.3 is 9.64 Å². The average Bonchev–Trinajstić information content (AvgIpc) is 2.50. The van der Waals surface area contributed by atoms with Crippen LogP contribution in [0.5, 0.6) is 5.75 Å². The van der Waals surface area contributed by atoms with Gasteiger partial charge in [0.1, 0.15) is 5.52 Å². The van der Waals surface area contributed by atoms with Crippen LogP contribution in [0.1, 0.15) is 13.8 Å². The Kier molecular flexibility index (Phi) is 5.67. The molecule has 1 heterocycles. The fourth-order valence-corrected chi connectivity index (χ4v) is 2.99. The minimum Gasteiger partial charge on any atom is -0.493 e. The van der Waals surface area contributed by atoms with E-state index in [0.29, 0.717) is 28.2 Å². The molecule has 7 heteroatoms. The summed E-state index contributed by atoms with van der Waals surface area (Å²) in [7, 11) is 1.49. The van der Waals surface area contributed by atoms with Crippen molar-refractivity contribution in [2.45, 2.75) is 20.4 Å². The second-order valence-electron chi connectivity index (χ2n) is 4.87. The standard InChI is InChI=1S/C15H19Cl2N3O2/c1-4-19(5-2)6-7-20-9-18-13-12(15(20)21)10(16)8-11(17)14(13)22-3/h8-9H,4-7H2,1-3H3. The first-order valence-electron chi connectivity index (χ1n) is 7.16. The molecule has 2 rings (SSSR count). The molecule has 1 aromatic carbocycles. The van der Waals surface area contributed by atoms with Gasteiger partial charge in [-0.25, -0.2) is 4.98 Å². The van der Waals surface area contributed by atoms with Gasteiger partial charge in [-0.05, 0) is 19.2 Å². The molecule has 0 bridgehead atoms. The summed E-state index contributed by atoms with van der Waals surface area (Å²) in [6, 6.07) is 1.52. The quantitative estimate of drug-likeness (QED) is 0.808. The largest absolute Gasteiger partial charge is 0.493 e. The molecule has 0 aliphatic rings. The second-order valence-corrected chi connectivity index (χ2v) is 5.68. The molecule has 0 aliphatic carbocycles. The van der Waals surface area contributed by atoms with Crippen molar-refractivity contribution >= 4 is 34.1 Å². The van der Waals surface area contributed by atoms with Crippen molar-refractivity contribution in [2.75, 3.05) is 26.7 Å². The predicted octanol–water partition coefficient (Wildman–Crippen LogP) is 3.05. The van der Waals surface area contributed by atoms with Gasteiger partial charge in [-0.3, -0.25) is 9.36 Å². The van der Waals surface area contributed by atoms with Crippen LogP contribution in [0.15, 0.2) is 17.2 Å². The van der Waals surface area contributed by atoms with Gasteiger partial charge in [0.2, 0.25) is 0 Å². The molecule has 120 valence electrons. The van der Waals surface area contributed by atoms with Crippen LogP contribution >= 0.6 is 23.2 Å². The smallest absolute Gasteiger partial charge is 0.262 e. The molecule has 0 aliphatic heterocycles. The molecule has 0 radical (unpaired) electrons. The van der Waals surface area contributed by atoms with Crippen molar-refractivity contribution in [3.63, 3.8) is 0 Å². The van der Waals surface area contributed by atoms with Crippen LogP contribution in [-0.2, 0) is 6.54 Å². The van der Waals surface area contributed by atoms with Crippen molar-refractivity contribution in [3.05, 3.63) is 32.8 Å². The SMILES string of the molecule is CCN(CC)CCn1cnc2c(OC)c(Cl)cc(Cl)c2c1=O. The maximum absolute atomic E-state index is 12.6. The predicted molar refractivity (Wildman–Crippen MR) is 90.4 cm³/mol. The van der Waals surface area contributed by atoms with Gasteiger partial charge in [0.05, 0.1) is 28.9 Å². The number of ether oxygens (including phenoxy) is 1. The highest BCUT2D eigenvalue weighted by Crippen LogP contribution is 2.35. The first-order chi connectivity index (χ1) is 10.5. The van der Waals surface area contributed by atoms with Crippen LogP contribution in [0, 0.1) is 0 Å². The van der Waals surface area contributed by atoms with E-state index in [1.54, 1.807) is 4.57 Å². The monoisotopic (exact) mass is 343 g/mol. The Morgan fingerprint density at radius 2 is 1.95 bits per heavy atom. The molecule has 0 spiro atoms. The Hall–Kier alpha value is -1.30. The Morgan fingerprint density at radius 1 is 1.27 bits per heavy atom. The van der Waals surface area contributed by atoms with Crippen molar-refractivity contribution in [3.8, 4) is 5.75 Å². The van der Waals surface area contributed by atoms with E-state index in [2.05, 4.69) is 23.7 Å². The molecule has 1 aromatic heterocycles. The number of benzene rings is 1. The molecule has 0 amide bonds. The van der Waals surface area contributed by atoms with Crippen LogP contribution < -0.4 is 10.3 Å². The number of nitrogens with zero attached hydrogens (tertiary/aromatic N) is 3. The number of likely N-dealkylation sites (N-methyl/N-ethyl adjacent to an activating group) is 1. The minimum absolute atomic E-state index is 0.183. The molecular formula is C15H19Cl2N3O2. The maximum atomic E-state index is 12.6. The number of fused-ring (bicyclic) bond motifs is 1. The van der Waals surface area contributed by atoms with Crippen LogP contribution in [0.2, 0.25) is 10.0 Å². The van der Waals surface area contributed by atoms with Gasteiger partial charge in [-0.1, -0.05) is 37.0 Å². The van der Waals surface area contributed by atoms with Gasteiger partial charge >= 0.3 is 0 Å². The van der Waals surface area contributed by atoms with E-state index in [4.69, 9.17) is 27.9 Å². The number of aromatic nitrogens is 2. The van der Waals surface area contributed by atoms with E-state index in [0.717, 1.165) is 19.6 Å². The summed E-state index contributed by atoms with van der Waals surface area (Å²) in [5.41, 5.74) is 0.209. The van der Waals surface area contributed by atoms with Gasteiger partial charge in [0.25, 0.3) is 5.56 Å². The third-order valence-corrected chi connectivity index (χ3v) is 4.30. The maximum Gasteiger partial charge on any atom is 0.262 e. The zero-order chi connectivity index (χ0) is 16.3. The number of hydrogen-bond donors (Lipinski definition) is 0. The highest BCUT2D eigenvalue weighted by molar-refractivity contribution is 6.39. The van der Waals surface area contributed by atoms with E-state index < -0.39 is 0 Å². The molecule has 0 saturated heterocycles. The number of hydrogen-bond acceptors (Lipinski definition) is 4. The van der Waals surface area contributed by atoms with Crippen molar-refractivity contribution in [1.29, 1.82) is 0 Å². The summed E-state index contributed by atoms with van der Waals surface area (Å²) in [6.07, 6.45) is 1.52. The fraction of sp³-hybridized carbons (Fsp3) is 0.467. The molecule has 0 N–H and O–H groups in total. The van der Waals surface area contributed by atoms with E-state index >= 15 is 0 Å². The van der Waals surface area contributed by atoms with Crippen LogP contribution in [0.25, 0.3) is 10.9 Å². The van der Waals surface area contributed by atoms with Crippen LogP contribution in [0.4, 0.5) is 0 Å². The Labute approximate surface area is 139 Å². The zero-order valence-corrected chi connectivity index (χ0v) is 14.4. The molecular weight excluding hydrogens is 325 g/mol. The lowest BCUT2D eigenvalue weighted by Gasteiger charge is -2.18. The summed E-state index contributed by atoms with van der Waals surface area (Å²) >= 11 is 12.3. The first kappa shape index (κ1) is 17.1. The lowest BCUT2D eigenvalue weighted by atomic mass is 10.2. The lowest BCUT2D eigenvalue weighted by molar-refractivity contribution is 0.289. The molecule has 0 saturated carbocycles. The zero-order valence-electron chi connectivity index (χ0n) is 12.9. The highest BCUT2D eigenvalue weighted by Gasteiger charge is 2.16. The molecule has 0 fully saturated rings. The van der Waals surface area contributed by atoms with E-state index in [1.165, 1.54) is 19.5 Å². The van der Waals surface area contributed by atoms with Crippen LogP contribution in [0.3, 0.4) is 0 Å².